The number of fused-ring (bicyclic) bond motifs is 1. The number of pyridine rings is 1. The molecule has 0 amide bonds. The van der Waals surface area contributed by atoms with Crippen LogP contribution in [-0.2, 0) is 12.8 Å². The van der Waals surface area contributed by atoms with Gasteiger partial charge in [-0.25, -0.2) is 0 Å². The summed E-state index contributed by atoms with van der Waals surface area (Å²) in [5.41, 5.74) is 3.83. The van der Waals surface area contributed by atoms with Crippen molar-refractivity contribution in [3.8, 4) is 5.75 Å². The third-order valence-corrected chi connectivity index (χ3v) is 3.89. The van der Waals surface area contributed by atoms with Gasteiger partial charge < -0.3 is 4.74 Å². The average Bonchev–Trinajstić information content (AvgIpc) is 2.57. The van der Waals surface area contributed by atoms with Crippen molar-refractivity contribution in [1.29, 1.82) is 0 Å². The number of benzene rings is 2. The molecule has 0 aliphatic heterocycles. The summed E-state index contributed by atoms with van der Waals surface area (Å²) in [6.07, 6.45) is 5.22. The molecule has 1 aromatic heterocycles. The number of hydrogen-bond acceptors (Lipinski definition) is 2. The summed E-state index contributed by atoms with van der Waals surface area (Å²) in [6.45, 7) is 2.72. The van der Waals surface area contributed by atoms with Gasteiger partial charge in [0, 0.05) is 11.6 Å². The largest absolute Gasteiger partial charge is 0.494 e. The van der Waals surface area contributed by atoms with Crippen molar-refractivity contribution in [3.05, 3.63) is 71.9 Å². The van der Waals surface area contributed by atoms with E-state index in [-0.39, 0.29) is 0 Å². The van der Waals surface area contributed by atoms with Crippen LogP contribution < -0.4 is 4.74 Å². The molecular formula is C20H21NO. The van der Waals surface area contributed by atoms with Gasteiger partial charge in [0.25, 0.3) is 0 Å². The molecule has 3 rings (SSSR count). The molecule has 2 heteroatoms. The molecule has 22 heavy (non-hydrogen) atoms. The van der Waals surface area contributed by atoms with E-state index in [4.69, 9.17) is 4.74 Å². The van der Waals surface area contributed by atoms with Gasteiger partial charge >= 0.3 is 0 Å². The van der Waals surface area contributed by atoms with E-state index >= 15 is 0 Å². The van der Waals surface area contributed by atoms with Crippen molar-refractivity contribution in [1.82, 2.24) is 4.98 Å². The molecular weight excluding hydrogens is 270 g/mol. The van der Waals surface area contributed by atoms with Crippen LogP contribution in [0, 0.1) is 0 Å². The number of hydrogen-bond donors (Lipinski definition) is 0. The van der Waals surface area contributed by atoms with Crippen LogP contribution >= 0.6 is 0 Å². The summed E-state index contributed by atoms with van der Waals surface area (Å²) >= 11 is 0. The molecule has 0 N–H and O–H groups in total. The van der Waals surface area contributed by atoms with E-state index in [0.29, 0.717) is 6.61 Å². The highest BCUT2D eigenvalue weighted by molar-refractivity contribution is 5.81. The highest BCUT2D eigenvalue weighted by Crippen LogP contribution is 2.19. The lowest BCUT2D eigenvalue weighted by atomic mass is 10.0. The lowest BCUT2D eigenvalue weighted by Crippen LogP contribution is -1.94. The summed E-state index contributed by atoms with van der Waals surface area (Å²) in [5.74, 6) is 0.950. The molecule has 0 saturated heterocycles. The van der Waals surface area contributed by atoms with Crippen LogP contribution in [0.2, 0.25) is 0 Å². The highest BCUT2D eigenvalue weighted by atomic mass is 16.5. The molecule has 0 aliphatic carbocycles. The molecule has 0 saturated carbocycles. The Labute approximate surface area is 131 Å². The van der Waals surface area contributed by atoms with Gasteiger partial charge in [-0.05, 0) is 61.6 Å². The molecule has 0 unspecified atom stereocenters. The van der Waals surface area contributed by atoms with Gasteiger partial charge in [0.05, 0.1) is 12.1 Å². The lowest BCUT2D eigenvalue weighted by molar-refractivity contribution is 0.340. The fourth-order valence-electron chi connectivity index (χ4n) is 2.78. The Morgan fingerprint density at radius 3 is 2.55 bits per heavy atom. The van der Waals surface area contributed by atoms with Crippen molar-refractivity contribution in [2.75, 3.05) is 6.61 Å². The number of rotatable bonds is 6. The molecule has 3 aromatic rings. The van der Waals surface area contributed by atoms with Crippen LogP contribution in [0.5, 0.6) is 5.75 Å². The second-order valence-electron chi connectivity index (χ2n) is 5.42. The molecule has 0 atom stereocenters. The maximum absolute atomic E-state index is 5.48. The number of aromatic nitrogens is 1. The molecule has 112 valence electrons. The van der Waals surface area contributed by atoms with Crippen LogP contribution in [0.25, 0.3) is 10.9 Å². The first-order valence-corrected chi connectivity index (χ1v) is 7.91. The monoisotopic (exact) mass is 291 g/mol. The average molecular weight is 291 g/mol. The van der Waals surface area contributed by atoms with Crippen LogP contribution in [0.4, 0.5) is 0 Å². The van der Waals surface area contributed by atoms with Crippen molar-refractivity contribution < 1.29 is 4.74 Å². The van der Waals surface area contributed by atoms with Gasteiger partial charge in [0.15, 0.2) is 0 Å². The van der Waals surface area contributed by atoms with Gasteiger partial charge in [0.2, 0.25) is 0 Å². The Morgan fingerprint density at radius 2 is 1.73 bits per heavy atom. The third kappa shape index (κ3) is 3.45. The fourth-order valence-corrected chi connectivity index (χ4v) is 2.78. The summed E-state index contributed by atoms with van der Waals surface area (Å²) in [4.78, 5) is 4.42. The molecule has 0 spiro atoms. The first-order valence-electron chi connectivity index (χ1n) is 7.91. The fraction of sp³-hybridized carbons (Fsp3) is 0.250. The number of aryl methyl sites for hydroxylation is 2. The predicted molar refractivity (Wildman–Crippen MR) is 91.4 cm³/mol. The minimum Gasteiger partial charge on any atom is -0.494 e. The Balaban J connectivity index is 1.62. The molecule has 0 radical (unpaired) electrons. The molecule has 1 heterocycles. The van der Waals surface area contributed by atoms with E-state index in [1.807, 2.05) is 19.2 Å². The molecule has 0 aliphatic rings. The maximum Gasteiger partial charge on any atom is 0.119 e. The van der Waals surface area contributed by atoms with Gasteiger partial charge in [0.1, 0.15) is 5.75 Å². The van der Waals surface area contributed by atoms with E-state index in [9.17, 15) is 0 Å². The zero-order chi connectivity index (χ0) is 15.2. The Kier molecular flexibility index (Phi) is 4.69. The Hall–Kier alpha value is -2.35. The van der Waals surface area contributed by atoms with Crippen molar-refractivity contribution in [3.63, 3.8) is 0 Å². The zero-order valence-corrected chi connectivity index (χ0v) is 13.0. The summed E-state index contributed by atoms with van der Waals surface area (Å²) in [7, 11) is 0. The summed E-state index contributed by atoms with van der Waals surface area (Å²) in [6, 6.07) is 18.9. The molecule has 0 bridgehead atoms. The predicted octanol–water partition coefficient (Wildman–Crippen LogP) is 4.81. The second-order valence-corrected chi connectivity index (χ2v) is 5.42. The van der Waals surface area contributed by atoms with Crippen LogP contribution in [0.15, 0.2) is 60.8 Å². The van der Waals surface area contributed by atoms with Gasteiger partial charge in [-0.3, -0.25) is 4.98 Å². The number of nitrogens with zero attached hydrogens (tertiary/aromatic N) is 1. The lowest BCUT2D eigenvalue weighted by Gasteiger charge is -2.07. The smallest absolute Gasteiger partial charge is 0.119 e. The van der Waals surface area contributed by atoms with Crippen LogP contribution in [-0.4, -0.2) is 11.6 Å². The number of ether oxygens (including phenoxy) is 1. The minimum absolute atomic E-state index is 0.717. The minimum atomic E-state index is 0.717. The Morgan fingerprint density at radius 1 is 0.909 bits per heavy atom. The van der Waals surface area contributed by atoms with E-state index in [0.717, 1.165) is 30.5 Å². The van der Waals surface area contributed by atoms with E-state index in [1.54, 1.807) is 0 Å². The molecule has 2 nitrogen and oxygen atoms in total. The van der Waals surface area contributed by atoms with Gasteiger partial charge in [-0.1, -0.05) is 30.3 Å². The van der Waals surface area contributed by atoms with Crippen molar-refractivity contribution >= 4 is 10.9 Å². The first-order chi connectivity index (χ1) is 10.9. The van der Waals surface area contributed by atoms with Crippen molar-refractivity contribution in [2.45, 2.75) is 26.2 Å². The standard InChI is InChI=1S/C20H21NO/c1-2-22-18-12-10-16(11-13-18)6-5-7-17-14-15-21-20-9-4-3-8-19(17)20/h3-4,8-15H,2,5-7H2,1H3. The van der Waals surface area contributed by atoms with Gasteiger partial charge in [-0.15, -0.1) is 0 Å². The molecule has 2 aromatic carbocycles. The summed E-state index contributed by atoms with van der Waals surface area (Å²) in [5, 5.41) is 1.27. The number of para-hydroxylation sites is 1. The van der Waals surface area contributed by atoms with E-state index < -0.39 is 0 Å². The summed E-state index contributed by atoms with van der Waals surface area (Å²) < 4.78 is 5.48. The zero-order valence-electron chi connectivity index (χ0n) is 13.0. The van der Waals surface area contributed by atoms with Crippen LogP contribution in [0.1, 0.15) is 24.5 Å². The Bertz CT molecular complexity index is 729. The van der Waals surface area contributed by atoms with Crippen molar-refractivity contribution in [2.24, 2.45) is 0 Å². The third-order valence-electron chi connectivity index (χ3n) is 3.89. The molecule has 0 fully saturated rings. The first kappa shape index (κ1) is 14.6. The normalized spacial score (nSPS) is 10.8. The quantitative estimate of drug-likeness (QED) is 0.650. The van der Waals surface area contributed by atoms with E-state index in [2.05, 4.69) is 53.5 Å². The highest BCUT2D eigenvalue weighted by Gasteiger charge is 2.02. The maximum atomic E-state index is 5.48. The second kappa shape index (κ2) is 7.08. The van der Waals surface area contributed by atoms with Gasteiger partial charge in [-0.2, -0.15) is 0 Å². The van der Waals surface area contributed by atoms with E-state index in [1.165, 1.54) is 16.5 Å². The topological polar surface area (TPSA) is 22.1 Å². The van der Waals surface area contributed by atoms with Crippen LogP contribution in [0.3, 0.4) is 0 Å². The SMILES string of the molecule is CCOc1ccc(CCCc2ccnc3ccccc23)cc1.